The largest absolute Gasteiger partial charge is 0.396 e. The molecule has 0 aliphatic heterocycles. The zero-order valence-corrected chi connectivity index (χ0v) is 11.1. The van der Waals surface area contributed by atoms with E-state index in [1.165, 1.54) is 25.7 Å². The predicted octanol–water partition coefficient (Wildman–Crippen LogP) is 2.48. The van der Waals surface area contributed by atoms with Gasteiger partial charge in [-0.2, -0.15) is 0 Å². The number of rotatable bonds is 6. The van der Waals surface area contributed by atoms with Gasteiger partial charge in [-0.25, -0.2) is 0 Å². The van der Waals surface area contributed by atoms with Crippen molar-refractivity contribution in [2.45, 2.75) is 58.3 Å². The normalized spacial score (nSPS) is 19.6. The summed E-state index contributed by atoms with van der Waals surface area (Å²) in [6.07, 6.45) is 9.09. The summed E-state index contributed by atoms with van der Waals surface area (Å²) in [5.74, 6) is 0.862. The van der Waals surface area contributed by atoms with Crippen LogP contribution in [0.25, 0.3) is 0 Å². The van der Waals surface area contributed by atoms with E-state index in [9.17, 15) is 4.79 Å². The number of carbonyl (C=O) groups is 1. The molecule has 0 aromatic carbocycles. The van der Waals surface area contributed by atoms with E-state index in [1.54, 1.807) is 0 Å². The third kappa shape index (κ3) is 6.06. The van der Waals surface area contributed by atoms with Crippen molar-refractivity contribution in [2.24, 2.45) is 11.8 Å². The summed E-state index contributed by atoms with van der Waals surface area (Å²) >= 11 is 0. The molecule has 0 heterocycles. The van der Waals surface area contributed by atoms with E-state index in [2.05, 4.69) is 5.32 Å². The third-order valence-electron chi connectivity index (χ3n) is 3.71. The Kier molecular flexibility index (Phi) is 7.25. The highest BCUT2D eigenvalue weighted by Crippen LogP contribution is 2.22. The number of aliphatic hydroxyl groups excluding tert-OH is 1. The number of aliphatic hydroxyl groups is 1. The molecule has 0 aromatic heterocycles. The van der Waals surface area contributed by atoms with Crippen LogP contribution in [0.3, 0.4) is 0 Å². The predicted molar refractivity (Wildman–Crippen MR) is 69.7 cm³/mol. The Morgan fingerprint density at radius 1 is 1.29 bits per heavy atom. The van der Waals surface area contributed by atoms with Gasteiger partial charge < -0.3 is 10.4 Å². The number of carbonyl (C=O) groups excluding carboxylic acids is 1. The fourth-order valence-corrected chi connectivity index (χ4v) is 2.44. The summed E-state index contributed by atoms with van der Waals surface area (Å²) in [6.45, 7) is 3.05. The highest BCUT2D eigenvalue weighted by Gasteiger charge is 2.19. The molecule has 0 aromatic rings. The quantitative estimate of drug-likeness (QED) is 0.554. The average Bonchev–Trinajstić information content (AvgIpc) is 2.62. The minimum absolute atomic E-state index is 0.247. The van der Waals surface area contributed by atoms with Crippen LogP contribution in [0.2, 0.25) is 0 Å². The molecule has 0 saturated heterocycles. The van der Waals surface area contributed by atoms with Crippen molar-refractivity contribution < 1.29 is 9.90 Å². The molecule has 0 radical (unpaired) electrons. The first kappa shape index (κ1) is 14.5. The van der Waals surface area contributed by atoms with Gasteiger partial charge >= 0.3 is 0 Å². The molecule has 1 rings (SSSR count). The second kappa shape index (κ2) is 8.51. The standard InChI is InChI=1S/C14H27NO2/c1-12(11-16)7-6-10-15-14(17)13-8-4-2-3-5-9-13/h12-13,16H,2-11H2,1H3,(H,15,17). The fourth-order valence-electron chi connectivity index (χ4n) is 2.44. The van der Waals surface area contributed by atoms with Crippen molar-refractivity contribution in [3.63, 3.8) is 0 Å². The SMILES string of the molecule is CC(CO)CCCNC(=O)C1CCCCCC1. The number of hydrogen-bond acceptors (Lipinski definition) is 2. The summed E-state index contributed by atoms with van der Waals surface area (Å²) < 4.78 is 0. The van der Waals surface area contributed by atoms with E-state index in [0.29, 0.717) is 5.92 Å². The zero-order chi connectivity index (χ0) is 12.5. The van der Waals surface area contributed by atoms with Crippen molar-refractivity contribution in [3.8, 4) is 0 Å². The monoisotopic (exact) mass is 241 g/mol. The summed E-state index contributed by atoms with van der Waals surface area (Å²) in [4.78, 5) is 11.9. The lowest BCUT2D eigenvalue weighted by Gasteiger charge is -2.14. The number of nitrogens with one attached hydrogen (secondary N) is 1. The lowest BCUT2D eigenvalue weighted by atomic mass is 9.99. The van der Waals surface area contributed by atoms with E-state index < -0.39 is 0 Å². The summed E-state index contributed by atoms with van der Waals surface area (Å²) in [5, 5.41) is 11.9. The van der Waals surface area contributed by atoms with Gasteiger partial charge in [0.1, 0.15) is 0 Å². The summed E-state index contributed by atoms with van der Waals surface area (Å²) in [7, 11) is 0. The van der Waals surface area contributed by atoms with Crippen LogP contribution in [-0.2, 0) is 4.79 Å². The van der Waals surface area contributed by atoms with Gasteiger partial charge in [-0.3, -0.25) is 4.79 Å². The molecule has 1 aliphatic carbocycles. The van der Waals surface area contributed by atoms with Crippen LogP contribution in [-0.4, -0.2) is 24.2 Å². The summed E-state index contributed by atoms with van der Waals surface area (Å²) in [6, 6.07) is 0. The lowest BCUT2D eigenvalue weighted by molar-refractivity contribution is -0.125. The Labute approximate surface area is 105 Å². The smallest absolute Gasteiger partial charge is 0.223 e. The van der Waals surface area contributed by atoms with Gasteiger partial charge in [0.15, 0.2) is 0 Å². The molecule has 3 nitrogen and oxygen atoms in total. The van der Waals surface area contributed by atoms with Gasteiger partial charge in [-0.1, -0.05) is 32.6 Å². The van der Waals surface area contributed by atoms with Crippen LogP contribution in [0.15, 0.2) is 0 Å². The van der Waals surface area contributed by atoms with Gasteiger partial charge in [0.25, 0.3) is 0 Å². The molecule has 1 fully saturated rings. The van der Waals surface area contributed by atoms with E-state index in [0.717, 1.165) is 32.2 Å². The fraction of sp³-hybridized carbons (Fsp3) is 0.929. The van der Waals surface area contributed by atoms with Crippen molar-refractivity contribution in [1.29, 1.82) is 0 Å². The minimum atomic E-state index is 0.247. The first-order valence-corrected chi connectivity index (χ1v) is 7.12. The van der Waals surface area contributed by atoms with Crippen LogP contribution in [0, 0.1) is 11.8 Å². The summed E-state index contributed by atoms with van der Waals surface area (Å²) in [5.41, 5.74) is 0. The first-order chi connectivity index (χ1) is 8.24. The second-order valence-corrected chi connectivity index (χ2v) is 5.41. The maximum Gasteiger partial charge on any atom is 0.223 e. The Morgan fingerprint density at radius 2 is 1.94 bits per heavy atom. The van der Waals surface area contributed by atoms with Crippen LogP contribution in [0.4, 0.5) is 0 Å². The molecule has 0 bridgehead atoms. The van der Waals surface area contributed by atoms with Gasteiger partial charge in [0.2, 0.25) is 5.91 Å². The first-order valence-electron chi connectivity index (χ1n) is 7.12. The molecule has 1 aliphatic rings. The second-order valence-electron chi connectivity index (χ2n) is 5.41. The molecule has 1 atom stereocenters. The van der Waals surface area contributed by atoms with Crippen molar-refractivity contribution in [1.82, 2.24) is 5.32 Å². The molecule has 0 spiro atoms. The van der Waals surface area contributed by atoms with Crippen LogP contribution < -0.4 is 5.32 Å². The molecule has 3 heteroatoms. The molecule has 1 unspecified atom stereocenters. The molecule has 2 N–H and O–H groups in total. The number of amides is 1. The average molecular weight is 241 g/mol. The minimum Gasteiger partial charge on any atom is -0.396 e. The van der Waals surface area contributed by atoms with Crippen LogP contribution >= 0.6 is 0 Å². The van der Waals surface area contributed by atoms with Crippen molar-refractivity contribution >= 4 is 5.91 Å². The Balaban J connectivity index is 2.11. The maximum absolute atomic E-state index is 11.9. The lowest BCUT2D eigenvalue weighted by Crippen LogP contribution is -2.31. The molecular formula is C14H27NO2. The Hall–Kier alpha value is -0.570. The van der Waals surface area contributed by atoms with E-state index in [4.69, 9.17) is 5.11 Å². The molecular weight excluding hydrogens is 214 g/mol. The highest BCUT2D eigenvalue weighted by atomic mass is 16.3. The topological polar surface area (TPSA) is 49.3 Å². The van der Waals surface area contributed by atoms with Gasteiger partial charge in [0.05, 0.1) is 0 Å². The third-order valence-corrected chi connectivity index (χ3v) is 3.71. The van der Waals surface area contributed by atoms with Crippen LogP contribution in [0.5, 0.6) is 0 Å². The number of hydrogen-bond donors (Lipinski definition) is 2. The van der Waals surface area contributed by atoms with Crippen molar-refractivity contribution in [3.05, 3.63) is 0 Å². The molecule has 1 amide bonds. The molecule has 1 saturated carbocycles. The highest BCUT2D eigenvalue weighted by molar-refractivity contribution is 5.78. The Morgan fingerprint density at radius 3 is 2.53 bits per heavy atom. The van der Waals surface area contributed by atoms with E-state index >= 15 is 0 Å². The van der Waals surface area contributed by atoms with Crippen molar-refractivity contribution in [2.75, 3.05) is 13.2 Å². The van der Waals surface area contributed by atoms with E-state index in [-0.39, 0.29) is 18.4 Å². The Bertz CT molecular complexity index is 210. The maximum atomic E-state index is 11.9. The van der Waals surface area contributed by atoms with Gasteiger partial charge in [-0.15, -0.1) is 0 Å². The zero-order valence-electron chi connectivity index (χ0n) is 11.1. The molecule has 17 heavy (non-hydrogen) atoms. The van der Waals surface area contributed by atoms with Crippen LogP contribution in [0.1, 0.15) is 58.3 Å². The van der Waals surface area contributed by atoms with E-state index in [1.807, 2.05) is 6.92 Å². The van der Waals surface area contributed by atoms with Gasteiger partial charge in [0, 0.05) is 19.1 Å². The molecule has 100 valence electrons. The van der Waals surface area contributed by atoms with Gasteiger partial charge in [-0.05, 0) is 31.6 Å².